The predicted octanol–water partition coefficient (Wildman–Crippen LogP) is 5.81. The van der Waals surface area contributed by atoms with Gasteiger partial charge in [0.25, 0.3) is 0 Å². The van der Waals surface area contributed by atoms with Crippen molar-refractivity contribution in [1.82, 2.24) is 0 Å². The van der Waals surface area contributed by atoms with E-state index in [1.54, 1.807) is 0 Å². The quantitative estimate of drug-likeness (QED) is 0.299. The molecule has 1 aliphatic heterocycles. The lowest BCUT2D eigenvalue weighted by Crippen LogP contribution is -1.92. The highest BCUT2D eigenvalue weighted by Gasteiger charge is 2.10. The SMILES string of the molecule is IC(N=Nc1ccc(I)cc1)=C1SCCCS1. The Morgan fingerprint density at radius 1 is 1.12 bits per heavy atom. The fourth-order valence-electron chi connectivity index (χ4n) is 1.20. The van der Waals surface area contributed by atoms with Crippen molar-refractivity contribution in [2.24, 2.45) is 10.2 Å². The number of hydrogen-bond acceptors (Lipinski definition) is 4. The molecular formula is C11H10I2N2S2. The highest BCUT2D eigenvalue weighted by Crippen LogP contribution is 2.39. The van der Waals surface area contributed by atoms with Gasteiger partial charge in [-0.15, -0.1) is 28.6 Å². The number of thioether (sulfide) groups is 2. The number of halogens is 2. The van der Waals surface area contributed by atoms with Gasteiger partial charge in [0.2, 0.25) is 0 Å². The first-order valence-electron chi connectivity index (χ1n) is 5.08. The Morgan fingerprint density at radius 3 is 2.41 bits per heavy atom. The van der Waals surface area contributed by atoms with Crippen molar-refractivity contribution < 1.29 is 0 Å². The van der Waals surface area contributed by atoms with Gasteiger partial charge in [0.1, 0.15) is 3.70 Å². The van der Waals surface area contributed by atoms with E-state index in [2.05, 4.69) is 55.4 Å². The zero-order valence-electron chi connectivity index (χ0n) is 8.90. The van der Waals surface area contributed by atoms with Crippen molar-refractivity contribution in [3.05, 3.63) is 35.8 Å². The van der Waals surface area contributed by atoms with Crippen LogP contribution in [0.3, 0.4) is 0 Å². The molecule has 2 nitrogen and oxygen atoms in total. The van der Waals surface area contributed by atoms with E-state index in [0.29, 0.717) is 0 Å². The molecule has 0 atom stereocenters. The molecule has 1 aromatic rings. The predicted molar refractivity (Wildman–Crippen MR) is 94.3 cm³/mol. The van der Waals surface area contributed by atoms with Crippen molar-refractivity contribution in [3.8, 4) is 0 Å². The third-order valence-electron chi connectivity index (χ3n) is 2.00. The lowest BCUT2D eigenvalue weighted by molar-refractivity contribution is 1.12. The molecule has 0 N–H and O–H groups in total. The van der Waals surface area contributed by atoms with Crippen LogP contribution in [-0.4, -0.2) is 11.5 Å². The minimum absolute atomic E-state index is 0.908. The van der Waals surface area contributed by atoms with Gasteiger partial charge in [-0.3, -0.25) is 0 Å². The zero-order valence-corrected chi connectivity index (χ0v) is 14.8. The van der Waals surface area contributed by atoms with E-state index in [1.807, 2.05) is 47.8 Å². The molecule has 0 radical (unpaired) electrons. The maximum absolute atomic E-state index is 4.29. The number of benzene rings is 1. The lowest BCUT2D eigenvalue weighted by atomic mass is 10.3. The summed E-state index contributed by atoms with van der Waals surface area (Å²) in [5.74, 6) is 2.40. The van der Waals surface area contributed by atoms with Gasteiger partial charge in [0.15, 0.2) is 0 Å². The van der Waals surface area contributed by atoms with Crippen LogP contribution in [0.1, 0.15) is 6.42 Å². The molecule has 2 rings (SSSR count). The van der Waals surface area contributed by atoms with Crippen LogP contribution >= 0.6 is 68.7 Å². The summed E-state index contributed by atoms with van der Waals surface area (Å²) < 4.78 is 3.54. The number of hydrogen-bond donors (Lipinski definition) is 0. The smallest absolute Gasteiger partial charge is 0.143 e. The molecule has 0 unspecified atom stereocenters. The van der Waals surface area contributed by atoms with Crippen molar-refractivity contribution >= 4 is 74.4 Å². The van der Waals surface area contributed by atoms with Crippen molar-refractivity contribution in [2.75, 3.05) is 11.5 Å². The van der Waals surface area contributed by atoms with Crippen LogP contribution in [0.4, 0.5) is 5.69 Å². The summed E-state index contributed by atoms with van der Waals surface area (Å²) >= 11 is 8.33. The summed E-state index contributed by atoms with van der Waals surface area (Å²) in [5, 5.41) is 8.55. The molecule has 1 heterocycles. The molecule has 17 heavy (non-hydrogen) atoms. The van der Waals surface area contributed by atoms with Crippen molar-refractivity contribution in [1.29, 1.82) is 0 Å². The number of azo groups is 1. The molecule has 1 saturated heterocycles. The van der Waals surface area contributed by atoms with E-state index in [9.17, 15) is 0 Å². The van der Waals surface area contributed by atoms with Crippen LogP contribution in [0.5, 0.6) is 0 Å². The average Bonchev–Trinajstić information content (AvgIpc) is 2.39. The molecule has 90 valence electrons. The molecular weight excluding hydrogens is 478 g/mol. The van der Waals surface area contributed by atoms with Crippen LogP contribution in [0, 0.1) is 3.57 Å². The Hall–Kier alpha value is 0.720. The third kappa shape index (κ3) is 4.71. The van der Waals surface area contributed by atoms with Gasteiger partial charge in [-0.25, -0.2) is 0 Å². The summed E-state index contributed by atoms with van der Waals surface area (Å²) in [6.07, 6.45) is 1.29. The van der Waals surface area contributed by atoms with Gasteiger partial charge in [-0.05, 0) is 87.4 Å². The summed E-state index contributed by atoms with van der Waals surface area (Å²) in [6, 6.07) is 8.06. The average molecular weight is 488 g/mol. The Balaban J connectivity index is 2.06. The van der Waals surface area contributed by atoms with E-state index in [1.165, 1.54) is 25.7 Å². The third-order valence-corrected chi connectivity index (χ3v) is 6.81. The largest absolute Gasteiger partial charge is 0.150 e. The van der Waals surface area contributed by atoms with Gasteiger partial charge in [0, 0.05) is 3.57 Å². The molecule has 1 aliphatic rings. The van der Waals surface area contributed by atoms with Gasteiger partial charge < -0.3 is 0 Å². The lowest BCUT2D eigenvalue weighted by Gasteiger charge is -2.12. The maximum atomic E-state index is 4.29. The molecule has 0 saturated carbocycles. The maximum Gasteiger partial charge on any atom is 0.143 e. The summed E-state index contributed by atoms with van der Waals surface area (Å²) in [5.41, 5.74) is 0.908. The minimum atomic E-state index is 0.908. The first kappa shape index (κ1) is 14.1. The fourth-order valence-corrected chi connectivity index (χ4v) is 4.89. The van der Waals surface area contributed by atoms with Crippen LogP contribution in [0.2, 0.25) is 0 Å². The fraction of sp³-hybridized carbons (Fsp3) is 0.273. The zero-order chi connectivity index (χ0) is 12.1. The Morgan fingerprint density at radius 2 is 1.76 bits per heavy atom. The first-order valence-corrected chi connectivity index (χ1v) is 9.21. The molecule has 6 heteroatoms. The first-order chi connectivity index (χ1) is 8.25. The van der Waals surface area contributed by atoms with E-state index >= 15 is 0 Å². The molecule has 0 aliphatic carbocycles. The second-order valence-corrected chi connectivity index (χ2v) is 8.04. The summed E-state index contributed by atoms with van der Waals surface area (Å²) in [7, 11) is 0. The van der Waals surface area contributed by atoms with Crippen LogP contribution in [0.15, 0.2) is 42.4 Å². The molecule has 1 aromatic carbocycles. The molecule has 0 aromatic heterocycles. The normalized spacial score (nSPS) is 16.5. The second-order valence-electron chi connectivity index (χ2n) is 3.31. The van der Waals surface area contributed by atoms with Gasteiger partial charge in [-0.2, -0.15) is 5.11 Å². The van der Waals surface area contributed by atoms with E-state index in [0.717, 1.165) is 9.39 Å². The highest BCUT2D eigenvalue weighted by atomic mass is 127. The van der Waals surface area contributed by atoms with E-state index in [4.69, 9.17) is 0 Å². The Labute approximate surface area is 137 Å². The Bertz CT molecular complexity index is 435. The molecule has 0 amide bonds. The van der Waals surface area contributed by atoms with Crippen molar-refractivity contribution in [3.63, 3.8) is 0 Å². The topological polar surface area (TPSA) is 24.7 Å². The van der Waals surface area contributed by atoms with Crippen molar-refractivity contribution in [2.45, 2.75) is 6.42 Å². The monoisotopic (exact) mass is 488 g/mol. The van der Waals surface area contributed by atoms with Crippen LogP contribution < -0.4 is 0 Å². The van der Waals surface area contributed by atoms with Gasteiger partial charge in [0.05, 0.1) is 9.92 Å². The summed E-state index contributed by atoms with van der Waals surface area (Å²) in [6.45, 7) is 0. The number of nitrogens with zero attached hydrogens (tertiary/aromatic N) is 2. The second kappa shape index (κ2) is 7.34. The minimum Gasteiger partial charge on any atom is -0.150 e. The Kier molecular flexibility index (Phi) is 6.11. The number of rotatable bonds is 2. The molecule has 0 spiro atoms. The van der Waals surface area contributed by atoms with Crippen LogP contribution in [-0.2, 0) is 0 Å². The molecule has 0 bridgehead atoms. The van der Waals surface area contributed by atoms with Crippen LogP contribution in [0.25, 0.3) is 0 Å². The molecule has 1 fully saturated rings. The van der Waals surface area contributed by atoms with E-state index < -0.39 is 0 Å². The van der Waals surface area contributed by atoms with E-state index in [-0.39, 0.29) is 0 Å². The standard InChI is InChI=1S/C11H10I2N2S2/c12-8-2-4-9(5-3-8)14-15-10(13)11-16-6-1-7-17-11/h2-5H,1,6-7H2. The highest BCUT2D eigenvalue weighted by molar-refractivity contribution is 14.1. The summed E-state index contributed by atoms with van der Waals surface area (Å²) in [4.78, 5) is 0. The van der Waals surface area contributed by atoms with Gasteiger partial charge >= 0.3 is 0 Å². The van der Waals surface area contributed by atoms with Gasteiger partial charge in [-0.1, -0.05) is 0 Å².